The van der Waals surface area contributed by atoms with Gasteiger partial charge in [-0.05, 0) is 18.6 Å². The molecule has 0 aliphatic carbocycles. The average molecular weight is 223 g/mol. The molecule has 1 heterocycles. The maximum absolute atomic E-state index is 11.3. The molecule has 0 unspecified atom stereocenters. The van der Waals surface area contributed by atoms with Crippen molar-refractivity contribution < 1.29 is 4.79 Å². The van der Waals surface area contributed by atoms with Crippen LogP contribution in [0, 0.1) is 0 Å². The molecule has 90 valence electrons. The van der Waals surface area contributed by atoms with Gasteiger partial charge in [0, 0.05) is 45.0 Å². The predicted octanol–water partition coefficient (Wildman–Crippen LogP) is 1.03. The number of hydrogen-bond donors (Lipinski definition) is 2. The first-order chi connectivity index (χ1) is 7.74. The molecular weight excluding hydrogens is 202 g/mol. The Morgan fingerprint density at radius 1 is 1.44 bits per heavy atom. The van der Waals surface area contributed by atoms with Gasteiger partial charge in [0.15, 0.2) is 0 Å². The van der Waals surface area contributed by atoms with E-state index in [0.717, 1.165) is 26.1 Å². The number of carbonyl (C=O) groups is 1. The van der Waals surface area contributed by atoms with E-state index in [9.17, 15) is 4.79 Å². The number of amides is 1. The van der Waals surface area contributed by atoms with Crippen LogP contribution in [0.1, 0.15) is 25.5 Å². The average Bonchev–Trinajstić information content (AvgIpc) is 2.67. The van der Waals surface area contributed by atoms with E-state index in [2.05, 4.69) is 21.3 Å². The third kappa shape index (κ3) is 4.49. The lowest BCUT2D eigenvalue weighted by atomic mass is 10.3. The van der Waals surface area contributed by atoms with Gasteiger partial charge in [-0.25, -0.2) is 0 Å². The second-order valence-corrected chi connectivity index (χ2v) is 3.89. The molecule has 1 aromatic heterocycles. The molecule has 0 bridgehead atoms. The molecule has 0 radical (unpaired) electrons. The minimum atomic E-state index is 0.126. The van der Waals surface area contributed by atoms with E-state index in [4.69, 9.17) is 0 Å². The molecule has 0 aliphatic heterocycles. The molecule has 1 aromatic rings. The first kappa shape index (κ1) is 12.8. The van der Waals surface area contributed by atoms with Gasteiger partial charge in [0.2, 0.25) is 5.91 Å². The SMILES string of the molecule is CCCNC(=O)CCNCc1cccn1C. The largest absolute Gasteiger partial charge is 0.356 e. The van der Waals surface area contributed by atoms with Crippen LogP contribution in [-0.2, 0) is 18.4 Å². The van der Waals surface area contributed by atoms with Gasteiger partial charge in [0.1, 0.15) is 0 Å². The number of hydrogen-bond acceptors (Lipinski definition) is 2. The fourth-order valence-electron chi connectivity index (χ4n) is 1.45. The quantitative estimate of drug-likeness (QED) is 0.678. The van der Waals surface area contributed by atoms with E-state index >= 15 is 0 Å². The third-order valence-electron chi connectivity index (χ3n) is 2.46. The van der Waals surface area contributed by atoms with Crippen LogP contribution in [0.2, 0.25) is 0 Å². The zero-order chi connectivity index (χ0) is 11.8. The van der Waals surface area contributed by atoms with Gasteiger partial charge in [0.05, 0.1) is 0 Å². The van der Waals surface area contributed by atoms with E-state index in [1.54, 1.807) is 0 Å². The highest BCUT2D eigenvalue weighted by molar-refractivity contribution is 5.75. The Morgan fingerprint density at radius 2 is 2.25 bits per heavy atom. The number of rotatable bonds is 7. The minimum Gasteiger partial charge on any atom is -0.356 e. The molecule has 0 aliphatic rings. The molecule has 0 spiro atoms. The highest BCUT2D eigenvalue weighted by Gasteiger charge is 2.00. The lowest BCUT2D eigenvalue weighted by Gasteiger charge is -2.06. The van der Waals surface area contributed by atoms with Crippen LogP contribution < -0.4 is 10.6 Å². The zero-order valence-electron chi connectivity index (χ0n) is 10.1. The van der Waals surface area contributed by atoms with Crippen molar-refractivity contribution in [2.24, 2.45) is 7.05 Å². The lowest BCUT2D eigenvalue weighted by Crippen LogP contribution is -2.28. The standard InChI is InChI=1S/C12H21N3O/c1-3-7-14-12(16)6-8-13-10-11-5-4-9-15(11)2/h4-5,9,13H,3,6-8,10H2,1-2H3,(H,14,16). The summed E-state index contributed by atoms with van der Waals surface area (Å²) in [4.78, 5) is 11.3. The molecular formula is C12H21N3O. The summed E-state index contributed by atoms with van der Waals surface area (Å²) in [5.74, 6) is 0.126. The highest BCUT2D eigenvalue weighted by Crippen LogP contribution is 1.98. The van der Waals surface area contributed by atoms with Gasteiger partial charge in [-0.3, -0.25) is 4.79 Å². The van der Waals surface area contributed by atoms with Crippen LogP contribution in [0.3, 0.4) is 0 Å². The van der Waals surface area contributed by atoms with Gasteiger partial charge < -0.3 is 15.2 Å². The van der Waals surface area contributed by atoms with Crippen LogP contribution in [0.25, 0.3) is 0 Å². The second-order valence-electron chi connectivity index (χ2n) is 3.89. The summed E-state index contributed by atoms with van der Waals surface area (Å²) in [6.45, 7) is 4.36. The smallest absolute Gasteiger partial charge is 0.221 e. The van der Waals surface area contributed by atoms with Gasteiger partial charge in [-0.1, -0.05) is 6.92 Å². The number of aryl methyl sites for hydroxylation is 1. The van der Waals surface area contributed by atoms with E-state index < -0.39 is 0 Å². The third-order valence-corrected chi connectivity index (χ3v) is 2.46. The summed E-state index contributed by atoms with van der Waals surface area (Å²) in [6, 6.07) is 4.09. The number of aromatic nitrogens is 1. The van der Waals surface area contributed by atoms with Gasteiger partial charge in [-0.15, -0.1) is 0 Å². The summed E-state index contributed by atoms with van der Waals surface area (Å²) in [7, 11) is 2.02. The van der Waals surface area contributed by atoms with Crippen molar-refractivity contribution in [2.75, 3.05) is 13.1 Å². The van der Waals surface area contributed by atoms with Crippen molar-refractivity contribution in [3.63, 3.8) is 0 Å². The molecule has 4 nitrogen and oxygen atoms in total. The summed E-state index contributed by atoms with van der Waals surface area (Å²) in [5.41, 5.74) is 1.23. The zero-order valence-corrected chi connectivity index (χ0v) is 10.1. The van der Waals surface area contributed by atoms with Crippen LogP contribution in [0.5, 0.6) is 0 Å². The topological polar surface area (TPSA) is 46.1 Å². The Morgan fingerprint density at radius 3 is 2.88 bits per heavy atom. The van der Waals surface area contributed by atoms with Crippen LogP contribution in [0.4, 0.5) is 0 Å². The lowest BCUT2D eigenvalue weighted by molar-refractivity contribution is -0.120. The van der Waals surface area contributed by atoms with E-state index in [1.165, 1.54) is 5.69 Å². The molecule has 1 rings (SSSR count). The van der Waals surface area contributed by atoms with E-state index in [0.29, 0.717) is 6.42 Å². The van der Waals surface area contributed by atoms with Crippen molar-refractivity contribution in [1.82, 2.24) is 15.2 Å². The Hall–Kier alpha value is -1.29. The predicted molar refractivity (Wildman–Crippen MR) is 65.0 cm³/mol. The van der Waals surface area contributed by atoms with E-state index in [-0.39, 0.29) is 5.91 Å². The fourth-order valence-corrected chi connectivity index (χ4v) is 1.45. The normalized spacial score (nSPS) is 10.4. The molecule has 4 heteroatoms. The monoisotopic (exact) mass is 223 g/mol. The Bertz CT molecular complexity index is 320. The van der Waals surface area contributed by atoms with Crippen molar-refractivity contribution in [1.29, 1.82) is 0 Å². The van der Waals surface area contributed by atoms with Crippen LogP contribution in [0.15, 0.2) is 18.3 Å². The van der Waals surface area contributed by atoms with Crippen LogP contribution in [-0.4, -0.2) is 23.6 Å². The van der Waals surface area contributed by atoms with Crippen molar-refractivity contribution >= 4 is 5.91 Å². The van der Waals surface area contributed by atoms with Crippen molar-refractivity contribution in [3.8, 4) is 0 Å². The molecule has 2 N–H and O–H groups in total. The van der Waals surface area contributed by atoms with Gasteiger partial charge in [-0.2, -0.15) is 0 Å². The summed E-state index contributed by atoms with van der Waals surface area (Å²) in [5, 5.41) is 6.11. The first-order valence-corrected chi connectivity index (χ1v) is 5.81. The Labute approximate surface area is 97.0 Å². The van der Waals surface area contributed by atoms with E-state index in [1.807, 2.05) is 26.2 Å². The van der Waals surface area contributed by atoms with Gasteiger partial charge in [0.25, 0.3) is 0 Å². The number of carbonyl (C=O) groups excluding carboxylic acids is 1. The summed E-state index contributed by atoms with van der Waals surface area (Å²) >= 11 is 0. The molecule has 0 saturated heterocycles. The molecule has 0 saturated carbocycles. The van der Waals surface area contributed by atoms with Crippen molar-refractivity contribution in [2.45, 2.75) is 26.3 Å². The highest BCUT2D eigenvalue weighted by atomic mass is 16.1. The fraction of sp³-hybridized carbons (Fsp3) is 0.583. The molecule has 0 fully saturated rings. The Kier molecular flexibility index (Phi) is 5.64. The number of nitrogens with one attached hydrogen (secondary N) is 2. The Balaban J connectivity index is 2.08. The van der Waals surface area contributed by atoms with Crippen molar-refractivity contribution in [3.05, 3.63) is 24.0 Å². The molecule has 1 amide bonds. The second kappa shape index (κ2) is 7.06. The maximum atomic E-state index is 11.3. The van der Waals surface area contributed by atoms with Gasteiger partial charge >= 0.3 is 0 Å². The molecule has 0 atom stereocenters. The number of nitrogens with zero attached hydrogens (tertiary/aromatic N) is 1. The summed E-state index contributed by atoms with van der Waals surface area (Å²) in [6.07, 6.45) is 3.55. The first-order valence-electron chi connectivity index (χ1n) is 5.81. The minimum absolute atomic E-state index is 0.126. The maximum Gasteiger partial charge on any atom is 0.221 e. The molecule has 16 heavy (non-hydrogen) atoms. The molecule has 0 aromatic carbocycles. The summed E-state index contributed by atoms with van der Waals surface area (Å²) < 4.78 is 2.07. The van der Waals surface area contributed by atoms with Crippen LogP contribution >= 0.6 is 0 Å².